The molecule has 4 heteroatoms. The average molecular weight is 299 g/mol. The van der Waals surface area contributed by atoms with Crippen molar-refractivity contribution >= 4 is 11.6 Å². The van der Waals surface area contributed by atoms with E-state index in [9.17, 15) is 4.79 Å². The molecule has 0 aromatic heterocycles. The summed E-state index contributed by atoms with van der Waals surface area (Å²) in [6.45, 7) is 3.25. The van der Waals surface area contributed by atoms with Gasteiger partial charge in [-0.05, 0) is 43.3 Å². The predicted molar refractivity (Wildman–Crippen MR) is 88.3 cm³/mol. The van der Waals surface area contributed by atoms with Crippen LogP contribution < -0.4 is 15.0 Å². The van der Waals surface area contributed by atoms with Crippen LogP contribution in [-0.4, -0.2) is 26.6 Å². The van der Waals surface area contributed by atoms with Gasteiger partial charge in [0.05, 0.1) is 14.2 Å². The van der Waals surface area contributed by atoms with Crippen LogP contribution in [0.2, 0.25) is 0 Å². The highest BCUT2D eigenvalue weighted by Gasteiger charge is 2.11. The van der Waals surface area contributed by atoms with Crippen LogP contribution >= 0.6 is 0 Å². The smallest absolute Gasteiger partial charge is 0.279 e. The van der Waals surface area contributed by atoms with Crippen LogP contribution in [0.4, 0.5) is 5.69 Å². The van der Waals surface area contributed by atoms with E-state index in [-0.39, 0.29) is 5.91 Å². The Morgan fingerprint density at radius 1 is 1.09 bits per heavy atom. The average Bonchev–Trinajstić information content (AvgIpc) is 2.50. The fourth-order valence-electron chi connectivity index (χ4n) is 2.27. The highest BCUT2D eigenvalue weighted by Crippen LogP contribution is 2.10. The van der Waals surface area contributed by atoms with E-state index < -0.39 is 0 Å². The van der Waals surface area contributed by atoms with Crippen molar-refractivity contribution in [3.05, 3.63) is 59.7 Å². The van der Waals surface area contributed by atoms with Crippen molar-refractivity contribution in [2.45, 2.75) is 13.5 Å². The van der Waals surface area contributed by atoms with E-state index in [0.29, 0.717) is 6.54 Å². The Kier molecular flexibility index (Phi) is 5.55. The second-order valence-electron chi connectivity index (χ2n) is 5.57. The lowest BCUT2D eigenvalue weighted by atomic mass is 10.2. The van der Waals surface area contributed by atoms with Gasteiger partial charge in [0, 0.05) is 11.3 Å². The standard InChI is InChI=1S/C18H22N2O2/c1-14-4-8-16(9-5-14)19-18(21)13-20(2)12-15-6-10-17(22-3)11-7-15/h4-11H,12-13H2,1-3H3,(H,19,21)/p+1. The first-order chi connectivity index (χ1) is 10.6. The Hall–Kier alpha value is -2.33. The van der Waals surface area contributed by atoms with Crippen molar-refractivity contribution in [3.8, 4) is 5.75 Å². The van der Waals surface area contributed by atoms with Crippen LogP contribution in [0.1, 0.15) is 11.1 Å². The minimum Gasteiger partial charge on any atom is -0.497 e. The number of methoxy groups -OCH3 is 1. The molecule has 0 aliphatic rings. The van der Waals surface area contributed by atoms with Gasteiger partial charge in [-0.2, -0.15) is 0 Å². The molecule has 0 heterocycles. The molecule has 0 fully saturated rings. The number of amides is 1. The van der Waals surface area contributed by atoms with Crippen molar-refractivity contribution < 1.29 is 14.4 Å². The Morgan fingerprint density at radius 2 is 1.73 bits per heavy atom. The molecule has 0 bridgehead atoms. The lowest BCUT2D eigenvalue weighted by Gasteiger charge is -2.14. The van der Waals surface area contributed by atoms with Crippen molar-refractivity contribution in [2.24, 2.45) is 0 Å². The monoisotopic (exact) mass is 299 g/mol. The molecule has 2 aromatic carbocycles. The molecule has 0 aliphatic carbocycles. The third-order valence-electron chi connectivity index (χ3n) is 3.46. The fraction of sp³-hybridized carbons (Fsp3) is 0.278. The molecule has 1 amide bonds. The summed E-state index contributed by atoms with van der Waals surface area (Å²) in [4.78, 5) is 13.2. The van der Waals surface area contributed by atoms with Gasteiger partial charge in [0.1, 0.15) is 12.3 Å². The van der Waals surface area contributed by atoms with Gasteiger partial charge in [-0.15, -0.1) is 0 Å². The van der Waals surface area contributed by atoms with Gasteiger partial charge in [0.25, 0.3) is 5.91 Å². The van der Waals surface area contributed by atoms with Crippen molar-refractivity contribution in [1.82, 2.24) is 0 Å². The highest BCUT2D eigenvalue weighted by molar-refractivity contribution is 5.91. The molecule has 0 saturated carbocycles. The molecule has 0 aliphatic heterocycles. The molecule has 116 valence electrons. The van der Waals surface area contributed by atoms with Gasteiger partial charge >= 0.3 is 0 Å². The molecule has 2 rings (SSSR count). The lowest BCUT2D eigenvalue weighted by Crippen LogP contribution is -3.08. The number of quaternary nitrogens is 1. The number of hydrogen-bond acceptors (Lipinski definition) is 2. The van der Waals surface area contributed by atoms with Crippen LogP contribution in [0.5, 0.6) is 5.75 Å². The Bertz CT molecular complexity index is 606. The van der Waals surface area contributed by atoms with Gasteiger partial charge in [0.2, 0.25) is 0 Å². The summed E-state index contributed by atoms with van der Waals surface area (Å²) in [7, 11) is 3.67. The highest BCUT2D eigenvalue weighted by atomic mass is 16.5. The summed E-state index contributed by atoms with van der Waals surface area (Å²) in [5.41, 5.74) is 3.20. The largest absolute Gasteiger partial charge is 0.497 e. The lowest BCUT2D eigenvalue weighted by molar-refractivity contribution is -0.885. The van der Waals surface area contributed by atoms with Crippen LogP contribution in [0.3, 0.4) is 0 Å². The maximum atomic E-state index is 12.0. The van der Waals surface area contributed by atoms with E-state index in [1.54, 1.807) is 7.11 Å². The quantitative estimate of drug-likeness (QED) is 0.852. The Morgan fingerprint density at radius 3 is 2.32 bits per heavy atom. The maximum absolute atomic E-state index is 12.0. The summed E-state index contributed by atoms with van der Waals surface area (Å²) < 4.78 is 5.14. The van der Waals surface area contributed by atoms with Gasteiger partial charge < -0.3 is 15.0 Å². The molecular formula is C18H23N2O2+. The predicted octanol–water partition coefficient (Wildman–Crippen LogP) is 1.66. The second kappa shape index (κ2) is 7.61. The summed E-state index contributed by atoms with van der Waals surface area (Å²) in [5.74, 6) is 0.869. The summed E-state index contributed by atoms with van der Waals surface area (Å²) >= 11 is 0. The molecule has 22 heavy (non-hydrogen) atoms. The van der Waals surface area contributed by atoms with Crippen molar-refractivity contribution in [2.75, 3.05) is 26.0 Å². The van der Waals surface area contributed by atoms with E-state index >= 15 is 0 Å². The Labute approximate surface area is 131 Å². The van der Waals surface area contributed by atoms with E-state index in [0.717, 1.165) is 22.9 Å². The molecule has 4 nitrogen and oxygen atoms in total. The molecule has 2 N–H and O–H groups in total. The first-order valence-electron chi connectivity index (χ1n) is 7.37. The van der Waals surface area contributed by atoms with Gasteiger partial charge in [-0.1, -0.05) is 17.7 Å². The van der Waals surface area contributed by atoms with Gasteiger partial charge in [-0.25, -0.2) is 0 Å². The fourth-order valence-corrected chi connectivity index (χ4v) is 2.27. The topological polar surface area (TPSA) is 42.8 Å². The summed E-state index contributed by atoms with van der Waals surface area (Å²) in [6.07, 6.45) is 0. The van der Waals surface area contributed by atoms with Crippen LogP contribution in [-0.2, 0) is 11.3 Å². The first-order valence-corrected chi connectivity index (χ1v) is 7.37. The number of anilines is 1. The number of nitrogens with one attached hydrogen (secondary N) is 2. The third-order valence-corrected chi connectivity index (χ3v) is 3.46. The molecule has 0 saturated heterocycles. The van der Waals surface area contributed by atoms with Crippen molar-refractivity contribution in [3.63, 3.8) is 0 Å². The number of carbonyl (C=O) groups excluding carboxylic acids is 1. The van der Waals surface area contributed by atoms with Gasteiger partial charge in [0.15, 0.2) is 6.54 Å². The number of rotatable bonds is 6. The molecular weight excluding hydrogens is 276 g/mol. The molecule has 2 aromatic rings. The van der Waals surface area contributed by atoms with E-state index in [4.69, 9.17) is 4.74 Å². The van der Waals surface area contributed by atoms with Crippen LogP contribution in [0.25, 0.3) is 0 Å². The number of aryl methyl sites for hydroxylation is 1. The number of carbonyl (C=O) groups is 1. The van der Waals surface area contributed by atoms with Gasteiger partial charge in [-0.3, -0.25) is 4.79 Å². The number of likely N-dealkylation sites (N-methyl/N-ethyl adjacent to an activating group) is 1. The molecule has 1 atom stereocenters. The summed E-state index contributed by atoms with van der Waals surface area (Å²) in [5, 5.41) is 2.92. The second-order valence-corrected chi connectivity index (χ2v) is 5.57. The first kappa shape index (κ1) is 16.0. The number of benzene rings is 2. The number of ether oxygens (including phenoxy) is 1. The van der Waals surface area contributed by atoms with Crippen LogP contribution in [0.15, 0.2) is 48.5 Å². The maximum Gasteiger partial charge on any atom is 0.279 e. The normalized spacial score (nSPS) is 11.8. The molecule has 0 radical (unpaired) electrons. The van der Waals surface area contributed by atoms with Crippen LogP contribution in [0, 0.1) is 6.92 Å². The summed E-state index contributed by atoms with van der Waals surface area (Å²) in [6, 6.07) is 15.8. The third kappa shape index (κ3) is 4.90. The minimum absolute atomic E-state index is 0.0230. The zero-order valence-corrected chi connectivity index (χ0v) is 13.3. The Balaban J connectivity index is 1.83. The van der Waals surface area contributed by atoms with E-state index in [2.05, 4.69) is 5.32 Å². The zero-order chi connectivity index (χ0) is 15.9. The SMILES string of the molecule is COc1ccc(C[NH+](C)CC(=O)Nc2ccc(C)cc2)cc1. The molecule has 0 spiro atoms. The van der Waals surface area contributed by atoms with E-state index in [1.807, 2.05) is 62.5 Å². The minimum atomic E-state index is 0.0230. The molecule has 1 unspecified atom stereocenters. The van der Waals surface area contributed by atoms with Crippen molar-refractivity contribution in [1.29, 1.82) is 0 Å². The number of hydrogen-bond donors (Lipinski definition) is 2. The van der Waals surface area contributed by atoms with E-state index in [1.165, 1.54) is 11.1 Å². The zero-order valence-electron chi connectivity index (χ0n) is 13.3.